The predicted octanol–water partition coefficient (Wildman–Crippen LogP) is 3.90. The molecule has 2 aliphatic rings. The zero-order chi connectivity index (χ0) is 13.9. The minimum Gasteiger partial charge on any atom is -0.335 e. The second-order valence-electron chi connectivity index (χ2n) is 6.24. The van der Waals surface area contributed by atoms with E-state index in [4.69, 9.17) is 0 Å². The van der Waals surface area contributed by atoms with Gasteiger partial charge in [0.2, 0.25) is 5.91 Å². The summed E-state index contributed by atoms with van der Waals surface area (Å²) < 4.78 is 13.3. The lowest BCUT2D eigenvalue weighted by atomic mass is 10.0. The highest BCUT2D eigenvalue weighted by molar-refractivity contribution is 5.77. The van der Waals surface area contributed by atoms with Crippen molar-refractivity contribution in [1.82, 2.24) is 4.90 Å². The molecule has 2 fully saturated rings. The van der Waals surface area contributed by atoms with Gasteiger partial charge in [-0.25, -0.2) is 4.39 Å². The Bertz CT molecular complexity index is 478. The van der Waals surface area contributed by atoms with Crippen LogP contribution in [-0.4, -0.2) is 16.8 Å². The van der Waals surface area contributed by atoms with Gasteiger partial charge in [-0.1, -0.05) is 25.0 Å². The molecule has 0 atom stereocenters. The van der Waals surface area contributed by atoms with Crippen LogP contribution in [0.2, 0.25) is 0 Å². The fraction of sp³-hybridized carbons (Fsp3) is 0.588. The first kappa shape index (κ1) is 13.6. The summed E-state index contributed by atoms with van der Waals surface area (Å²) in [5, 5.41) is 0. The zero-order valence-corrected chi connectivity index (χ0v) is 11.9. The molecule has 0 spiro atoms. The lowest BCUT2D eigenvalue weighted by molar-refractivity contribution is -0.133. The van der Waals surface area contributed by atoms with E-state index in [1.165, 1.54) is 37.8 Å². The van der Waals surface area contributed by atoms with Gasteiger partial charge >= 0.3 is 0 Å². The molecular weight excluding hydrogens is 253 g/mol. The summed E-state index contributed by atoms with van der Waals surface area (Å²) in [6.45, 7) is 0.563. The summed E-state index contributed by atoms with van der Waals surface area (Å²) >= 11 is 0. The van der Waals surface area contributed by atoms with Crippen LogP contribution in [0.5, 0.6) is 0 Å². The highest BCUT2D eigenvalue weighted by atomic mass is 19.1. The van der Waals surface area contributed by atoms with Gasteiger partial charge in [0.05, 0.1) is 0 Å². The van der Waals surface area contributed by atoms with Crippen molar-refractivity contribution in [2.75, 3.05) is 0 Å². The van der Waals surface area contributed by atoms with Crippen molar-refractivity contribution in [3.05, 3.63) is 35.6 Å². The first-order chi connectivity index (χ1) is 9.72. The number of amides is 1. The lowest BCUT2D eigenvalue weighted by Gasteiger charge is -2.24. The van der Waals surface area contributed by atoms with Crippen molar-refractivity contribution < 1.29 is 9.18 Å². The van der Waals surface area contributed by atoms with E-state index in [1.807, 2.05) is 11.0 Å². The van der Waals surface area contributed by atoms with Gasteiger partial charge in [0.15, 0.2) is 0 Å². The van der Waals surface area contributed by atoms with E-state index in [0.29, 0.717) is 24.9 Å². The van der Waals surface area contributed by atoms with Crippen molar-refractivity contribution in [2.45, 2.75) is 57.5 Å². The third kappa shape index (κ3) is 3.38. The number of benzene rings is 1. The Kier molecular flexibility index (Phi) is 4.04. The van der Waals surface area contributed by atoms with E-state index in [-0.39, 0.29) is 11.7 Å². The first-order valence-corrected chi connectivity index (χ1v) is 7.76. The number of carbonyl (C=O) groups is 1. The van der Waals surface area contributed by atoms with Crippen LogP contribution < -0.4 is 0 Å². The average molecular weight is 275 g/mol. The van der Waals surface area contributed by atoms with E-state index in [0.717, 1.165) is 18.4 Å². The van der Waals surface area contributed by atoms with Crippen LogP contribution in [0.4, 0.5) is 4.39 Å². The Labute approximate surface area is 120 Å². The maximum Gasteiger partial charge on any atom is 0.223 e. The zero-order valence-electron chi connectivity index (χ0n) is 11.9. The van der Waals surface area contributed by atoms with E-state index in [1.54, 1.807) is 6.07 Å². The Balaban J connectivity index is 1.64. The van der Waals surface area contributed by atoms with E-state index < -0.39 is 0 Å². The second-order valence-corrected chi connectivity index (χ2v) is 6.24. The summed E-state index contributed by atoms with van der Waals surface area (Å²) in [5.74, 6) is 0.626. The lowest BCUT2D eigenvalue weighted by Crippen LogP contribution is -2.33. The molecule has 0 bridgehead atoms. The topological polar surface area (TPSA) is 20.3 Å². The summed E-state index contributed by atoms with van der Waals surface area (Å²) in [7, 11) is 0. The van der Waals surface area contributed by atoms with E-state index in [2.05, 4.69) is 0 Å². The number of hydrogen-bond donors (Lipinski definition) is 0. The standard InChI is InChI=1S/C17H22FNO/c18-15-7-3-6-14(10-15)12-19(16-8-9-16)17(20)11-13-4-1-2-5-13/h3,6-7,10,13,16H,1-2,4-5,8-9,11-12H2. The maximum absolute atomic E-state index is 13.3. The SMILES string of the molecule is O=C(CC1CCCC1)N(Cc1cccc(F)c1)C1CC1. The summed E-state index contributed by atoms with van der Waals surface area (Å²) in [6.07, 6.45) is 7.83. The molecule has 0 heterocycles. The monoisotopic (exact) mass is 275 g/mol. The van der Waals surface area contributed by atoms with Gasteiger partial charge in [-0.3, -0.25) is 4.79 Å². The van der Waals surface area contributed by atoms with Crippen LogP contribution in [0.15, 0.2) is 24.3 Å². The quantitative estimate of drug-likeness (QED) is 0.798. The Morgan fingerprint density at radius 2 is 1.95 bits per heavy atom. The van der Waals surface area contributed by atoms with Crippen molar-refractivity contribution >= 4 is 5.91 Å². The molecule has 1 amide bonds. The first-order valence-electron chi connectivity index (χ1n) is 7.76. The van der Waals surface area contributed by atoms with E-state index >= 15 is 0 Å². The molecule has 2 saturated carbocycles. The largest absolute Gasteiger partial charge is 0.335 e. The Morgan fingerprint density at radius 3 is 2.60 bits per heavy atom. The van der Waals surface area contributed by atoms with Crippen LogP contribution >= 0.6 is 0 Å². The minimum atomic E-state index is -0.221. The van der Waals surface area contributed by atoms with Gasteiger partial charge in [0.25, 0.3) is 0 Å². The molecule has 0 radical (unpaired) electrons. The highest BCUT2D eigenvalue weighted by Gasteiger charge is 2.33. The fourth-order valence-corrected chi connectivity index (χ4v) is 3.22. The summed E-state index contributed by atoms with van der Waals surface area (Å²) in [6, 6.07) is 7.01. The molecule has 0 unspecified atom stereocenters. The molecule has 2 aliphatic carbocycles. The molecule has 2 nitrogen and oxygen atoms in total. The van der Waals surface area contributed by atoms with Gasteiger partial charge in [-0.15, -0.1) is 0 Å². The molecule has 1 aromatic rings. The molecule has 108 valence electrons. The van der Waals surface area contributed by atoms with Gasteiger partial charge in [0, 0.05) is 19.0 Å². The maximum atomic E-state index is 13.3. The van der Waals surface area contributed by atoms with E-state index in [9.17, 15) is 9.18 Å². The Hall–Kier alpha value is -1.38. The van der Waals surface area contributed by atoms with Gasteiger partial charge < -0.3 is 4.90 Å². The van der Waals surface area contributed by atoms with Gasteiger partial charge in [0.1, 0.15) is 5.82 Å². The average Bonchev–Trinajstić information content (AvgIpc) is 3.14. The minimum absolute atomic E-state index is 0.221. The van der Waals surface area contributed by atoms with Gasteiger partial charge in [-0.2, -0.15) is 0 Å². The van der Waals surface area contributed by atoms with Crippen molar-refractivity contribution in [2.24, 2.45) is 5.92 Å². The molecule has 3 heteroatoms. The molecular formula is C17H22FNO. The molecule has 0 aliphatic heterocycles. The summed E-state index contributed by atoms with van der Waals surface area (Å²) in [5.41, 5.74) is 0.900. The Morgan fingerprint density at radius 1 is 1.20 bits per heavy atom. The third-order valence-corrected chi connectivity index (χ3v) is 4.49. The third-order valence-electron chi connectivity index (χ3n) is 4.49. The molecule has 0 aromatic heterocycles. The number of hydrogen-bond acceptors (Lipinski definition) is 1. The molecule has 0 saturated heterocycles. The molecule has 20 heavy (non-hydrogen) atoms. The number of carbonyl (C=O) groups excluding carboxylic acids is 1. The highest BCUT2D eigenvalue weighted by Crippen LogP contribution is 2.32. The normalized spacial score (nSPS) is 19.2. The number of rotatable bonds is 5. The van der Waals surface area contributed by atoms with Crippen molar-refractivity contribution in [1.29, 1.82) is 0 Å². The smallest absolute Gasteiger partial charge is 0.223 e. The van der Waals surface area contributed by atoms with Crippen molar-refractivity contribution in [3.8, 4) is 0 Å². The molecule has 3 rings (SSSR count). The van der Waals surface area contributed by atoms with Crippen molar-refractivity contribution in [3.63, 3.8) is 0 Å². The second kappa shape index (κ2) is 5.94. The van der Waals surface area contributed by atoms with Crippen LogP contribution in [0.3, 0.4) is 0 Å². The van der Waals surface area contributed by atoms with Crippen LogP contribution in [0.25, 0.3) is 0 Å². The summed E-state index contributed by atoms with van der Waals surface area (Å²) in [4.78, 5) is 14.5. The van der Waals surface area contributed by atoms with Gasteiger partial charge in [-0.05, 0) is 49.3 Å². The molecule has 0 N–H and O–H groups in total. The fourth-order valence-electron chi connectivity index (χ4n) is 3.22. The van der Waals surface area contributed by atoms with Crippen LogP contribution in [-0.2, 0) is 11.3 Å². The number of nitrogens with zero attached hydrogens (tertiary/aromatic N) is 1. The molecule has 1 aromatic carbocycles. The number of halogens is 1. The van der Waals surface area contributed by atoms with Crippen LogP contribution in [0.1, 0.15) is 50.5 Å². The predicted molar refractivity (Wildman–Crippen MR) is 76.5 cm³/mol. The van der Waals surface area contributed by atoms with Crippen LogP contribution in [0, 0.1) is 11.7 Å².